The Morgan fingerprint density at radius 1 is 1.33 bits per heavy atom. The van der Waals surface area contributed by atoms with Crippen molar-refractivity contribution in [3.8, 4) is 0 Å². The average Bonchev–Trinajstić information content (AvgIpc) is 2.73. The molecule has 18 heavy (non-hydrogen) atoms. The van der Waals surface area contributed by atoms with Crippen LogP contribution in [0.4, 0.5) is 11.4 Å². The van der Waals surface area contributed by atoms with E-state index in [4.69, 9.17) is 0 Å². The van der Waals surface area contributed by atoms with Gasteiger partial charge in [-0.25, -0.2) is 0 Å². The number of hydrogen-bond donors (Lipinski definition) is 0. The van der Waals surface area contributed by atoms with E-state index in [1.165, 1.54) is 0 Å². The van der Waals surface area contributed by atoms with Gasteiger partial charge in [0.05, 0.1) is 16.7 Å². The summed E-state index contributed by atoms with van der Waals surface area (Å²) in [5, 5.41) is 2.54. The summed E-state index contributed by atoms with van der Waals surface area (Å²) in [6.45, 7) is 3.77. The lowest BCUT2D eigenvalue weighted by atomic mass is 10.2. The number of anilines is 2. The van der Waals surface area contributed by atoms with Crippen molar-refractivity contribution in [1.82, 2.24) is 0 Å². The molecule has 0 radical (unpaired) electrons. The Morgan fingerprint density at radius 2 is 2.06 bits per heavy atom. The molecule has 2 atom stereocenters. The van der Waals surface area contributed by atoms with E-state index in [1.807, 2.05) is 34.9 Å². The molecule has 0 aromatic heterocycles. The Balaban J connectivity index is 2.15. The molecule has 0 bridgehead atoms. The normalized spacial score (nSPS) is 25.7. The third-order valence-electron chi connectivity index (χ3n) is 3.51. The maximum atomic E-state index is 11.9. The van der Waals surface area contributed by atoms with Gasteiger partial charge in [-0.05, 0) is 30.9 Å². The van der Waals surface area contributed by atoms with Crippen LogP contribution < -0.4 is 9.80 Å². The number of carbonyl (C=O) groups excluding carboxylic acids is 1. The van der Waals surface area contributed by atoms with Gasteiger partial charge in [0.1, 0.15) is 0 Å². The Hall–Kier alpha value is -1.42. The van der Waals surface area contributed by atoms with Crippen LogP contribution in [0, 0.1) is 0 Å². The van der Waals surface area contributed by atoms with Crippen molar-refractivity contribution in [3.63, 3.8) is 0 Å². The van der Waals surface area contributed by atoms with Gasteiger partial charge in [0, 0.05) is 19.2 Å². The third-order valence-corrected chi connectivity index (χ3v) is 4.52. The van der Waals surface area contributed by atoms with Gasteiger partial charge in [0.25, 0.3) is 0 Å². The van der Waals surface area contributed by atoms with E-state index >= 15 is 0 Å². The Bertz CT molecular complexity index is 514. The number of thioether (sulfide) groups is 1. The van der Waals surface area contributed by atoms with Crippen LogP contribution >= 0.6 is 11.8 Å². The minimum atomic E-state index is 0.116. The molecule has 1 aromatic rings. The lowest BCUT2D eigenvalue weighted by molar-refractivity contribution is -0.117. The fourth-order valence-electron chi connectivity index (χ4n) is 2.76. The topological polar surface area (TPSA) is 23.6 Å². The van der Waals surface area contributed by atoms with Gasteiger partial charge in [-0.15, -0.1) is 11.8 Å². The van der Waals surface area contributed by atoms with Crippen molar-refractivity contribution in [3.05, 3.63) is 35.9 Å². The highest BCUT2D eigenvalue weighted by atomic mass is 32.2. The average molecular weight is 260 g/mol. The Morgan fingerprint density at radius 3 is 2.78 bits per heavy atom. The molecule has 2 aliphatic rings. The lowest BCUT2D eigenvalue weighted by Gasteiger charge is -2.27. The van der Waals surface area contributed by atoms with Crippen LogP contribution in [0.3, 0.4) is 0 Å². The Kier molecular flexibility index (Phi) is 2.82. The molecule has 1 amide bonds. The molecular weight excluding hydrogens is 244 g/mol. The monoisotopic (exact) mass is 260 g/mol. The van der Waals surface area contributed by atoms with Crippen LogP contribution in [-0.4, -0.2) is 17.3 Å². The summed E-state index contributed by atoms with van der Waals surface area (Å²) in [6.07, 6.45) is 3.09. The molecule has 2 aliphatic heterocycles. The molecule has 4 heteroatoms. The number of nitrogens with zero attached hydrogens (tertiary/aromatic N) is 2. The van der Waals surface area contributed by atoms with Gasteiger partial charge in [-0.3, -0.25) is 4.79 Å². The SMILES string of the molecule is CC(=O)N1c2ccccc2N2C=CSC2CC1C. The summed E-state index contributed by atoms with van der Waals surface area (Å²) in [5.41, 5.74) is 2.15. The number of hydrogen-bond acceptors (Lipinski definition) is 3. The van der Waals surface area contributed by atoms with Gasteiger partial charge in [0.15, 0.2) is 0 Å². The first-order chi connectivity index (χ1) is 8.68. The quantitative estimate of drug-likeness (QED) is 0.716. The highest BCUT2D eigenvalue weighted by molar-refractivity contribution is 8.03. The second-order valence-corrected chi connectivity index (χ2v) is 5.83. The van der Waals surface area contributed by atoms with E-state index in [0.717, 1.165) is 17.8 Å². The number of fused-ring (bicyclic) bond motifs is 3. The first-order valence-corrected chi connectivity index (χ1v) is 7.12. The molecule has 0 aliphatic carbocycles. The van der Waals surface area contributed by atoms with Crippen LogP contribution in [0.5, 0.6) is 0 Å². The van der Waals surface area contributed by atoms with Crippen molar-refractivity contribution >= 4 is 29.0 Å². The minimum Gasteiger partial charge on any atom is -0.333 e. The summed E-state index contributed by atoms with van der Waals surface area (Å²) < 4.78 is 0. The zero-order chi connectivity index (χ0) is 12.7. The van der Waals surface area contributed by atoms with Crippen LogP contribution in [0.15, 0.2) is 35.9 Å². The largest absolute Gasteiger partial charge is 0.333 e. The van der Waals surface area contributed by atoms with Crippen LogP contribution in [0.25, 0.3) is 0 Å². The van der Waals surface area contributed by atoms with E-state index in [2.05, 4.69) is 29.5 Å². The number of amides is 1. The van der Waals surface area contributed by atoms with Crippen molar-refractivity contribution in [2.75, 3.05) is 9.80 Å². The highest BCUT2D eigenvalue weighted by Crippen LogP contribution is 2.42. The van der Waals surface area contributed by atoms with Crippen LogP contribution in [-0.2, 0) is 4.79 Å². The lowest BCUT2D eigenvalue weighted by Crippen LogP contribution is -2.37. The zero-order valence-electron chi connectivity index (χ0n) is 10.5. The third kappa shape index (κ3) is 1.72. The molecule has 3 rings (SSSR count). The summed E-state index contributed by atoms with van der Waals surface area (Å²) >= 11 is 1.83. The fourth-order valence-corrected chi connectivity index (χ4v) is 3.85. The standard InChI is InChI=1S/C14H16N2OS/c1-10-9-14-15(7-8-18-14)12-5-3-4-6-13(12)16(10)11(2)17/h3-8,10,14H,9H2,1-2H3. The zero-order valence-corrected chi connectivity index (χ0v) is 11.4. The van der Waals surface area contributed by atoms with Crippen LogP contribution in [0.2, 0.25) is 0 Å². The molecule has 2 unspecified atom stereocenters. The molecule has 0 spiro atoms. The van der Waals surface area contributed by atoms with Crippen molar-refractivity contribution < 1.29 is 4.79 Å². The van der Waals surface area contributed by atoms with Gasteiger partial charge < -0.3 is 9.80 Å². The van der Waals surface area contributed by atoms with Crippen molar-refractivity contribution in [1.29, 1.82) is 0 Å². The predicted octanol–water partition coefficient (Wildman–Crippen LogP) is 3.18. The van der Waals surface area contributed by atoms with Gasteiger partial charge >= 0.3 is 0 Å². The molecule has 0 saturated heterocycles. The van der Waals surface area contributed by atoms with E-state index in [0.29, 0.717) is 5.37 Å². The number of rotatable bonds is 0. The summed E-state index contributed by atoms with van der Waals surface area (Å²) in [5.74, 6) is 0.116. The summed E-state index contributed by atoms with van der Waals surface area (Å²) in [4.78, 5) is 16.1. The molecule has 2 heterocycles. The summed E-state index contributed by atoms with van der Waals surface area (Å²) in [6, 6.07) is 8.38. The molecule has 0 fully saturated rings. The molecular formula is C14H16N2OS. The van der Waals surface area contributed by atoms with Crippen LogP contribution in [0.1, 0.15) is 20.3 Å². The van der Waals surface area contributed by atoms with E-state index < -0.39 is 0 Å². The molecule has 3 nitrogen and oxygen atoms in total. The van der Waals surface area contributed by atoms with Gasteiger partial charge in [-0.1, -0.05) is 12.1 Å². The Labute approximate surface area is 111 Å². The number of benzene rings is 1. The van der Waals surface area contributed by atoms with E-state index in [9.17, 15) is 4.79 Å². The molecule has 0 saturated carbocycles. The smallest absolute Gasteiger partial charge is 0.224 e. The number of carbonyl (C=O) groups is 1. The van der Waals surface area contributed by atoms with E-state index in [-0.39, 0.29) is 11.9 Å². The maximum absolute atomic E-state index is 11.9. The second-order valence-electron chi connectivity index (χ2n) is 4.75. The first kappa shape index (κ1) is 11.7. The second kappa shape index (κ2) is 4.35. The van der Waals surface area contributed by atoms with Crippen molar-refractivity contribution in [2.24, 2.45) is 0 Å². The molecule has 1 aromatic carbocycles. The van der Waals surface area contributed by atoms with E-state index in [1.54, 1.807) is 6.92 Å². The van der Waals surface area contributed by atoms with Gasteiger partial charge in [0.2, 0.25) is 5.91 Å². The molecule has 94 valence electrons. The number of para-hydroxylation sites is 2. The van der Waals surface area contributed by atoms with Gasteiger partial charge in [-0.2, -0.15) is 0 Å². The predicted molar refractivity (Wildman–Crippen MR) is 76.7 cm³/mol. The maximum Gasteiger partial charge on any atom is 0.224 e. The first-order valence-electron chi connectivity index (χ1n) is 6.18. The minimum absolute atomic E-state index is 0.116. The fraction of sp³-hybridized carbons (Fsp3) is 0.357. The highest BCUT2D eigenvalue weighted by Gasteiger charge is 2.34. The van der Waals surface area contributed by atoms with Crippen molar-refractivity contribution in [2.45, 2.75) is 31.7 Å². The summed E-state index contributed by atoms with van der Waals surface area (Å²) in [7, 11) is 0. The molecule has 0 N–H and O–H groups in total.